The highest BCUT2D eigenvalue weighted by Gasteiger charge is 2.17. The first-order valence-electron chi connectivity index (χ1n) is 8.17. The molecule has 0 saturated carbocycles. The summed E-state index contributed by atoms with van der Waals surface area (Å²) >= 11 is 2.99. The normalized spacial score (nSPS) is 10.8. The summed E-state index contributed by atoms with van der Waals surface area (Å²) in [7, 11) is 0. The van der Waals surface area contributed by atoms with Crippen LogP contribution in [0.25, 0.3) is 9.88 Å². The molecule has 2 amide bonds. The summed E-state index contributed by atoms with van der Waals surface area (Å²) in [5, 5.41) is 8.55. The minimum atomic E-state index is -0.179. The third-order valence-electron chi connectivity index (χ3n) is 3.67. The Bertz CT molecular complexity index is 913. The van der Waals surface area contributed by atoms with Gasteiger partial charge in [0.2, 0.25) is 5.91 Å². The van der Waals surface area contributed by atoms with Gasteiger partial charge in [0.15, 0.2) is 0 Å². The molecule has 0 saturated heterocycles. The number of carbonyl (C=O) groups is 2. The molecule has 134 valence electrons. The Labute approximate surface area is 160 Å². The van der Waals surface area contributed by atoms with Gasteiger partial charge >= 0.3 is 0 Å². The van der Waals surface area contributed by atoms with Crippen LogP contribution in [0.2, 0.25) is 0 Å². The molecule has 0 aliphatic rings. The van der Waals surface area contributed by atoms with E-state index in [9.17, 15) is 9.59 Å². The van der Waals surface area contributed by atoms with Gasteiger partial charge in [0, 0.05) is 17.3 Å². The number of nitrogens with zero attached hydrogens (tertiary/aromatic N) is 1. The Hall–Kier alpha value is -2.51. The fourth-order valence-corrected chi connectivity index (χ4v) is 3.98. The van der Waals surface area contributed by atoms with E-state index in [0.29, 0.717) is 16.3 Å². The van der Waals surface area contributed by atoms with E-state index in [1.165, 1.54) is 11.3 Å². The van der Waals surface area contributed by atoms with Crippen molar-refractivity contribution in [1.29, 1.82) is 0 Å². The number of anilines is 2. The lowest BCUT2D eigenvalue weighted by Gasteiger charge is -2.09. The predicted molar refractivity (Wildman–Crippen MR) is 108 cm³/mol. The van der Waals surface area contributed by atoms with Crippen LogP contribution in [0.1, 0.15) is 29.2 Å². The van der Waals surface area contributed by atoms with Gasteiger partial charge in [-0.15, -0.1) is 22.7 Å². The first-order valence-corrected chi connectivity index (χ1v) is 9.87. The van der Waals surface area contributed by atoms with Gasteiger partial charge in [-0.2, -0.15) is 0 Å². The maximum atomic E-state index is 12.6. The van der Waals surface area contributed by atoms with Gasteiger partial charge in [0.05, 0.1) is 10.6 Å². The minimum Gasteiger partial charge on any atom is -0.326 e. The molecular formula is C19H19N3O2S2. The van der Waals surface area contributed by atoms with E-state index >= 15 is 0 Å². The molecule has 1 aromatic carbocycles. The lowest BCUT2D eigenvalue weighted by molar-refractivity contribution is -0.118. The molecule has 0 fully saturated rings. The van der Waals surface area contributed by atoms with E-state index in [4.69, 9.17) is 0 Å². The second-order valence-electron chi connectivity index (χ2n) is 6.09. The van der Waals surface area contributed by atoms with Crippen LogP contribution < -0.4 is 10.6 Å². The zero-order valence-electron chi connectivity index (χ0n) is 14.7. The van der Waals surface area contributed by atoms with Gasteiger partial charge in [0.25, 0.3) is 5.91 Å². The fourth-order valence-electron chi connectivity index (χ4n) is 2.22. The van der Waals surface area contributed by atoms with Crippen LogP contribution in [0.15, 0.2) is 41.8 Å². The molecule has 0 aliphatic heterocycles. The number of aromatic nitrogens is 1. The topological polar surface area (TPSA) is 71.1 Å². The first kappa shape index (κ1) is 18.3. The van der Waals surface area contributed by atoms with Crippen LogP contribution >= 0.6 is 22.7 Å². The van der Waals surface area contributed by atoms with Crippen molar-refractivity contribution in [2.75, 3.05) is 10.6 Å². The second-order valence-corrected chi connectivity index (χ2v) is 8.03. The predicted octanol–water partition coefficient (Wildman–Crippen LogP) is 5.03. The number of thiazole rings is 1. The second kappa shape index (κ2) is 7.80. The Morgan fingerprint density at radius 2 is 1.69 bits per heavy atom. The molecule has 0 unspecified atom stereocenters. The molecular weight excluding hydrogens is 366 g/mol. The summed E-state index contributed by atoms with van der Waals surface area (Å²) in [5.74, 6) is -0.300. The van der Waals surface area contributed by atoms with Crippen molar-refractivity contribution in [2.24, 2.45) is 5.92 Å². The molecule has 0 bridgehead atoms. The van der Waals surface area contributed by atoms with E-state index < -0.39 is 0 Å². The maximum absolute atomic E-state index is 12.6. The molecule has 2 heterocycles. The summed E-state index contributed by atoms with van der Waals surface area (Å²) < 4.78 is 0. The maximum Gasteiger partial charge on any atom is 0.267 e. The molecule has 7 heteroatoms. The number of rotatable bonds is 5. The van der Waals surface area contributed by atoms with E-state index in [2.05, 4.69) is 15.6 Å². The van der Waals surface area contributed by atoms with Gasteiger partial charge in [-0.25, -0.2) is 4.98 Å². The summed E-state index contributed by atoms with van der Waals surface area (Å²) in [4.78, 5) is 30.4. The van der Waals surface area contributed by atoms with Crippen molar-refractivity contribution in [2.45, 2.75) is 20.8 Å². The monoisotopic (exact) mass is 385 g/mol. The SMILES string of the molecule is Cc1nc(-c2cccs2)sc1C(=O)Nc1ccc(NC(=O)C(C)C)cc1. The highest BCUT2D eigenvalue weighted by Crippen LogP contribution is 2.31. The highest BCUT2D eigenvalue weighted by molar-refractivity contribution is 7.22. The van der Waals surface area contributed by atoms with Gasteiger partial charge in [0.1, 0.15) is 9.88 Å². The average molecular weight is 386 g/mol. The summed E-state index contributed by atoms with van der Waals surface area (Å²) in [6.45, 7) is 5.52. The fraction of sp³-hybridized carbons (Fsp3) is 0.211. The number of nitrogens with one attached hydrogen (secondary N) is 2. The smallest absolute Gasteiger partial charge is 0.267 e. The number of carbonyl (C=O) groups excluding carboxylic acids is 2. The molecule has 5 nitrogen and oxygen atoms in total. The van der Waals surface area contributed by atoms with E-state index in [0.717, 1.165) is 15.6 Å². The Morgan fingerprint density at radius 1 is 1.04 bits per heavy atom. The summed E-state index contributed by atoms with van der Waals surface area (Å²) in [6, 6.07) is 11.0. The van der Waals surface area contributed by atoms with Crippen molar-refractivity contribution in [3.8, 4) is 9.88 Å². The van der Waals surface area contributed by atoms with Crippen LogP contribution in [0, 0.1) is 12.8 Å². The largest absolute Gasteiger partial charge is 0.326 e. The van der Waals surface area contributed by atoms with Crippen molar-refractivity contribution < 1.29 is 9.59 Å². The number of amides is 2. The van der Waals surface area contributed by atoms with Gasteiger partial charge in [-0.05, 0) is 42.6 Å². The molecule has 0 radical (unpaired) electrons. The zero-order chi connectivity index (χ0) is 18.7. The Morgan fingerprint density at radius 3 is 2.27 bits per heavy atom. The van der Waals surface area contributed by atoms with Gasteiger partial charge in [-0.1, -0.05) is 19.9 Å². The lowest BCUT2D eigenvalue weighted by Crippen LogP contribution is -2.17. The van der Waals surface area contributed by atoms with Crippen LogP contribution in [-0.2, 0) is 4.79 Å². The third-order valence-corrected chi connectivity index (χ3v) is 5.86. The van der Waals surface area contributed by atoms with E-state index in [-0.39, 0.29) is 17.7 Å². The summed E-state index contributed by atoms with van der Waals surface area (Å²) in [5.41, 5.74) is 2.09. The van der Waals surface area contributed by atoms with Crippen LogP contribution in [0.3, 0.4) is 0 Å². The van der Waals surface area contributed by atoms with E-state index in [1.54, 1.807) is 35.6 Å². The number of aryl methyl sites for hydroxylation is 1. The number of thiophene rings is 1. The number of benzene rings is 1. The molecule has 2 aromatic heterocycles. The average Bonchev–Trinajstić information content (AvgIpc) is 3.25. The minimum absolute atomic E-state index is 0.0387. The van der Waals surface area contributed by atoms with Crippen molar-refractivity contribution in [3.63, 3.8) is 0 Å². The van der Waals surface area contributed by atoms with Gasteiger partial charge in [-0.3, -0.25) is 9.59 Å². The van der Waals surface area contributed by atoms with Crippen molar-refractivity contribution in [3.05, 3.63) is 52.3 Å². The standard InChI is InChI=1S/C19H19N3O2S2/c1-11(2)17(23)21-13-6-8-14(9-7-13)22-18(24)16-12(3)20-19(26-16)15-5-4-10-25-15/h4-11H,1-3H3,(H,21,23)(H,22,24). The third kappa shape index (κ3) is 4.17. The lowest BCUT2D eigenvalue weighted by atomic mass is 10.2. The number of hydrogen-bond acceptors (Lipinski definition) is 5. The summed E-state index contributed by atoms with van der Waals surface area (Å²) in [6.07, 6.45) is 0. The van der Waals surface area contributed by atoms with Crippen molar-refractivity contribution >= 4 is 45.9 Å². The molecule has 3 rings (SSSR count). The van der Waals surface area contributed by atoms with E-state index in [1.807, 2.05) is 38.3 Å². The van der Waals surface area contributed by atoms with Crippen LogP contribution in [0.4, 0.5) is 11.4 Å². The molecule has 0 aliphatic carbocycles. The molecule has 2 N–H and O–H groups in total. The quantitative estimate of drug-likeness (QED) is 0.647. The Balaban J connectivity index is 1.69. The highest BCUT2D eigenvalue weighted by atomic mass is 32.1. The zero-order valence-corrected chi connectivity index (χ0v) is 16.3. The van der Waals surface area contributed by atoms with Crippen LogP contribution in [0.5, 0.6) is 0 Å². The molecule has 26 heavy (non-hydrogen) atoms. The first-order chi connectivity index (χ1) is 12.4. The van der Waals surface area contributed by atoms with Gasteiger partial charge < -0.3 is 10.6 Å². The van der Waals surface area contributed by atoms with Crippen molar-refractivity contribution in [1.82, 2.24) is 4.98 Å². The molecule has 0 atom stereocenters. The van der Waals surface area contributed by atoms with Crippen LogP contribution in [-0.4, -0.2) is 16.8 Å². The number of hydrogen-bond donors (Lipinski definition) is 2. The Kier molecular flexibility index (Phi) is 5.49. The molecule has 3 aromatic rings. The molecule has 0 spiro atoms.